The van der Waals surface area contributed by atoms with Gasteiger partial charge in [0.25, 0.3) is 0 Å². The first-order chi connectivity index (χ1) is 7.27. The molecule has 0 radical (unpaired) electrons. The highest BCUT2D eigenvalue weighted by atomic mass is 79.9. The third-order valence-corrected chi connectivity index (χ3v) is 3.23. The van der Waals surface area contributed by atoms with Crippen LogP contribution in [0.2, 0.25) is 0 Å². The molecule has 1 aliphatic rings. The van der Waals surface area contributed by atoms with Gasteiger partial charge in [-0.1, -0.05) is 0 Å². The summed E-state index contributed by atoms with van der Waals surface area (Å²) in [4.78, 5) is 6.29. The van der Waals surface area contributed by atoms with E-state index in [-0.39, 0.29) is 0 Å². The number of likely N-dealkylation sites (N-methyl/N-ethyl adjacent to an activating group) is 1. The lowest BCUT2D eigenvalue weighted by atomic mass is 10.3. The SMILES string of the molecule is CN(CCNC1CC1)c1ccncc1Br. The maximum Gasteiger partial charge on any atom is 0.0592 e. The monoisotopic (exact) mass is 269 g/mol. The highest BCUT2D eigenvalue weighted by Crippen LogP contribution is 2.23. The van der Waals surface area contributed by atoms with Gasteiger partial charge in [0.1, 0.15) is 0 Å². The van der Waals surface area contributed by atoms with Crippen molar-refractivity contribution in [2.24, 2.45) is 0 Å². The molecule has 2 rings (SSSR count). The lowest BCUT2D eigenvalue weighted by molar-refractivity contribution is 0.675. The zero-order valence-electron chi connectivity index (χ0n) is 8.91. The van der Waals surface area contributed by atoms with Crippen LogP contribution in [-0.2, 0) is 0 Å². The fourth-order valence-electron chi connectivity index (χ4n) is 1.52. The van der Waals surface area contributed by atoms with Crippen LogP contribution in [0.3, 0.4) is 0 Å². The molecule has 1 N–H and O–H groups in total. The average Bonchev–Trinajstić information content (AvgIpc) is 3.02. The maximum atomic E-state index is 4.06. The van der Waals surface area contributed by atoms with E-state index < -0.39 is 0 Å². The summed E-state index contributed by atoms with van der Waals surface area (Å²) in [6.45, 7) is 2.08. The van der Waals surface area contributed by atoms with E-state index in [9.17, 15) is 0 Å². The number of halogens is 1. The number of nitrogens with one attached hydrogen (secondary N) is 1. The second-order valence-electron chi connectivity index (χ2n) is 3.98. The molecule has 0 spiro atoms. The van der Waals surface area contributed by atoms with Gasteiger partial charge >= 0.3 is 0 Å². The summed E-state index contributed by atoms with van der Waals surface area (Å²) >= 11 is 3.51. The number of rotatable bonds is 5. The van der Waals surface area contributed by atoms with Gasteiger partial charge in [-0.2, -0.15) is 0 Å². The predicted molar refractivity (Wildman–Crippen MR) is 66.2 cm³/mol. The van der Waals surface area contributed by atoms with Crippen molar-refractivity contribution in [2.45, 2.75) is 18.9 Å². The highest BCUT2D eigenvalue weighted by molar-refractivity contribution is 9.10. The molecule has 0 bridgehead atoms. The minimum absolute atomic E-state index is 0.791. The van der Waals surface area contributed by atoms with Crippen LogP contribution in [0.5, 0.6) is 0 Å². The van der Waals surface area contributed by atoms with Crippen LogP contribution in [0.4, 0.5) is 5.69 Å². The van der Waals surface area contributed by atoms with Crippen molar-refractivity contribution in [3.63, 3.8) is 0 Å². The largest absolute Gasteiger partial charge is 0.372 e. The van der Waals surface area contributed by atoms with Crippen molar-refractivity contribution >= 4 is 21.6 Å². The Labute approximate surface area is 99.0 Å². The second-order valence-corrected chi connectivity index (χ2v) is 4.83. The van der Waals surface area contributed by atoms with E-state index in [2.05, 4.69) is 38.2 Å². The molecular formula is C11H16BrN3. The van der Waals surface area contributed by atoms with Gasteiger partial charge < -0.3 is 10.2 Å². The Bertz CT molecular complexity index is 325. The van der Waals surface area contributed by atoms with E-state index in [1.165, 1.54) is 18.5 Å². The molecule has 0 saturated heterocycles. The molecule has 1 heterocycles. The van der Waals surface area contributed by atoms with Gasteiger partial charge in [-0.3, -0.25) is 4.98 Å². The van der Waals surface area contributed by atoms with Gasteiger partial charge in [-0.25, -0.2) is 0 Å². The normalized spacial score (nSPS) is 15.3. The first-order valence-corrected chi connectivity index (χ1v) is 6.10. The molecule has 0 unspecified atom stereocenters. The van der Waals surface area contributed by atoms with Crippen LogP contribution in [0, 0.1) is 0 Å². The molecule has 1 fully saturated rings. The lowest BCUT2D eigenvalue weighted by Crippen LogP contribution is -2.30. The van der Waals surface area contributed by atoms with Crippen LogP contribution < -0.4 is 10.2 Å². The first-order valence-electron chi connectivity index (χ1n) is 5.31. The second kappa shape index (κ2) is 4.94. The van der Waals surface area contributed by atoms with E-state index in [0.29, 0.717) is 0 Å². The minimum Gasteiger partial charge on any atom is -0.372 e. The van der Waals surface area contributed by atoms with Crippen molar-refractivity contribution in [3.8, 4) is 0 Å². The molecule has 0 aliphatic heterocycles. The van der Waals surface area contributed by atoms with Crippen LogP contribution >= 0.6 is 15.9 Å². The Balaban J connectivity index is 1.83. The van der Waals surface area contributed by atoms with Gasteiger partial charge in [0, 0.05) is 38.6 Å². The highest BCUT2D eigenvalue weighted by Gasteiger charge is 2.19. The third kappa shape index (κ3) is 3.18. The Morgan fingerprint density at radius 2 is 2.40 bits per heavy atom. The summed E-state index contributed by atoms with van der Waals surface area (Å²) in [7, 11) is 2.11. The molecule has 0 amide bonds. The van der Waals surface area contributed by atoms with Gasteiger partial charge in [-0.15, -0.1) is 0 Å². The Morgan fingerprint density at radius 1 is 1.60 bits per heavy atom. The number of nitrogens with zero attached hydrogens (tertiary/aromatic N) is 2. The predicted octanol–water partition coefficient (Wildman–Crippen LogP) is 2.03. The molecule has 1 saturated carbocycles. The minimum atomic E-state index is 0.791. The van der Waals surface area contributed by atoms with Crippen molar-refractivity contribution in [1.82, 2.24) is 10.3 Å². The molecule has 4 heteroatoms. The molecule has 0 atom stereocenters. The first kappa shape index (κ1) is 10.9. The Hall–Kier alpha value is -0.610. The van der Waals surface area contributed by atoms with Crippen LogP contribution in [0.15, 0.2) is 22.9 Å². The van der Waals surface area contributed by atoms with Crippen molar-refractivity contribution in [3.05, 3.63) is 22.9 Å². The molecule has 1 aliphatic carbocycles. The van der Waals surface area contributed by atoms with Crippen LogP contribution in [0.25, 0.3) is 0 Å². The summed E-state index contributed by atoms with van der Waals surface area (Å²) in [5, 5.41) is 3.50. The van der Waals surface area contributed by atoms with E-state index >= 15 is 0 Å². The fourth-order valence-corrected chi connectivity index (χ4v) is 2.07. The Kier molecular flexibility index (Phi) is 3.59. The zero-order valence-corrected chi connectivity index (χ0v) is 10.5. The summed E-state index contributed by atoms with van der Waals surface area (Å²) < 4.78 is 1.05. The van der Waals surface area contributed by atoms with Crippen molar-refractivity contribution < 1.29 is 0 Å². The van der Waals surface area contributed by atoms with Crippen LogP contribution in [-0.4, -0.2) is 31.2 Å². The molecule has 0 aromatic carbocycles. The topological polar surface area (TPSA) is 28.2 Å². The smallest absolute Gasteiger partial charge is 0.0592 e. The maximum absolute atomic E-state index is 4.06. The number of aromatic nitrogens is 1. The fraction of sp³-hybridized carbons (Fsp3) is 0.545. The summed E-state index contributed by atoms with van der Waals surface area (Å²) in [5.74, 6) is 0. The van der Waals surface area contributed by atoms with E-state index in [0.717, 1.165) is 23.6 Å². The molecule has 1 aromatic heterocycles. The quantitative estimate of drug-likeness (QED) is 0.887. The molecule has 1 aromatic rings. The lowest BCUT2D eigenvalue weighted by Gasteiger charge is -2.20. The summed E-state index contributed by atoms with van der Waals surface area (Å²) in [6.07, 6.45) is 6.36. The van der Waals surface area contributed by atoms with Gasteiger partial charge in [0.05, 0.1) is 10.2 Å². The van der Waals surface area contributed by atoms with Gasteiger partial charge in [0.15, 0.2) is 0 Å². The Morgan fingerprint density at radius 3 is 3.07 bits per heavy atom. The zero-order chi connectivity index (χ0) is 10.7. The van der Waals surface area contributed by atoms with Crippen molar-refractivity contribution in [1.29, 1.82) is 0 Å². The molecule has 82 valence electrons. The third-order valence-electron chi connectivity index (χ3n) is 2.62. The summed E-state index contributed by atoms with van der Waals surface area (Å²) in [5.41, 5.74) is 1.20. The number of hydrogen-bond acceptors (Lipinski definition) is 3. The summed E-state index contributed by atoms with van der Waals surface area (Å²) in [6, 6.07) is 2.82. The number of hydrogen-bond donors (Lipinski definition) is 1. The number of anilines is 1. The molecule has 3 nitrogen and oxygen atoms in total. The van der Waals surface area contributed by atoms with E-state index in [1.807, 2.05) is 18.5 Å². The molecule has 15 heavy (non-hydrogen) atoms. The van der Waals surface area contributed by atoms with E-state index in [4.69, 9.17) is 0 Å². The van der Waals surface area contributed by atoms with E-state index in [1.54, 1.807) is 0 Å². The average molecular weight is 270 g/mol. The number of pyridine rings is 1. The van der Waals surface area contributed by atoms with Gasteiger partial charge in [0.2, 0.25) is 0 Å². The molecular weight excluding hydrogens is 254 g/mol. The van der Waals surface area contributed by atoms with Crippen molar-refractivity contribution in [2.75, 3.05) is 25.0 Å². The van der Waals surface area contributed by atoms with Crippen LogP contribution in [0.1, 0.15) is 12.8 Å². The standard InChI is InChI=1S/C11H16BrN3/c1-15(7-6-14-9-2-3-9)11-4-5-13-8-10(11)12/h4-5,8-9,14H,2-3,6-7H2,1H3. The van der Waals surface area contributed by atoms with Gasteiger partial charge in [-0.05, 0) is 34.8 Å².